The van der Waals surface area contributed by atoms with E-state index in [4.69, 9.17) is 4.74 Å². The second kappa shape index (κ2) is 9.67. The first-order chi connectivity index (χ1) is 14.4. The molecule has 6 heteroatoms. The fraction of sp³-hybridized carbons (Fsp3) is 0.292. The molecule has 0 unspecified atom stereocenters. The maximum Gasteiger partial charge on any atom is 0.351 e. The van der Waals surface area contributed by atoms with Crippen molar-refractivity contribution >= 4 is 28.9 Å². The average molecular weight is 423 g/mol. The summed E-state index contributed by atoms with van der Waals surface area (Å²) in [5.41, 5.74) is 3.36. The largest absolute Gasteiger partial charge is 0.448 e. The van der Waals surface area contributed by atoms with Crippen molar-refractivity contribution in [3.63, 3.8) is 0 Å². The molecule has 2 atom stereocenters. The smallest absolute Gasteiger partial charge is 0.351 e. The van der Waals surface area contributed by atoms with E-state index in [0.717, 1.165) is 28.2 Å². The molecule has 0 aliphatic heterocycles. The van der Waals surface area contributed by atoms with Crippen LogP contribution in [0.25, 0.3) is 10.6 Å². The third-order valence-corrected chi connectivity index (χ3v) is 6.20. The maximum absolute atomic E-state index is 12.7. The number of carbonyl (C=O) groups is 2. The van der Waals surface area contributed by atoms with E-state index in [9.17, 15) is 9.59 Å². The molecule has 156 valence electrons. The molecule has 0 aliphatic rings. The number of anilines is 1. The van der Waals surface area contributed by atoms with Crippen molar-refractivity contribution in [2.24, 2.45) is 0 Å². The molecule has 1 N–H and O–H groups in total. The summed E-state index contributed by atoms with van der Waals surface area (Å²) in [5.74, 6) is -0.579. The minimum Gasteiger partial charge on any atom is -0.448 e. The standard InChI is InChI=1S/C24H26N2O3S/c1-5-15(2)19-13-9-10-14-20(19)26-22(27)17(4)29-24(28)21-16(3)25-23(30-21)18-11-7-6-8-12-18/h6-15,17H,5H2,1-4H3,(H,26,27)/t15-,17+/m0/s1. The molecule has 2 aromatic carbocycles. The van der Waals surface area contributed by atoms with Crippen molar-refractivity contribution in [3.05, 3.63) is 70.7 Å². The maximum atomic E-state index is 12.7. The summed E-state index contributed by atoms with van der Waals surface area (Å²) in [4.78, 5) is 30.2. The third kappa shape index (κ3) is 4.94. The van der Waals surface area contributed by atoms with Crippen LogP contribution in [0.2, 0.25) is 0 Å². The van der Waals surface area contributed by atoms with Crippen LogP contribution in [0.1, 0.15) is 54.0 Å². The summed E-state index contributed by atoms with van der Waals surface area (Å²) >= 11 is 1.27. The molecule has 0 saturated carbocycles. The van der Waals surface area contributed by atoms with Crippen LogP contribution < -0.4 is 5.32 Å². The number of ether oxygens (including phenoxy) is 1. The topological polar surface area (TPSA) is 68.3 Å². The van der Waals surface area contributed by atoms with Crippen molar-refractivity contribution in [2.45, 2.75) is 46.1 Å². The Labute approximate surface area is 181 Å². The average Bonchev–Trinajstić information content (AvgIpc) is 3.16. The highest BCUT2D eigenvalue weighted by molar-refractivity contribution is 7.17. The quantitative estimate of drug-likeness (QED) is 0.488. The van der Waals surface area contributed by atoms with Gasteiger partial charge in [-0.1, -0.05) is 62.4 Å². The number of esters is 1. The van der Waals surface area contributed by atoms with E-state index in [1.807, 2.05) is 54.6 Å². The number of hydrogen-bond acceptors (Lipinski definition) is 5. The Kier molecular flexibility index (Phi) is 7.00. The second-order valence-electron chi connectivity index (χ2n) is 7.23. The lowest BCUT2D eigenvalue weighted by Gasteiger charge is -2.18. The van der Waals surface area contributed by atoms with Crippen LogP contribution in [0.5, 0.6) is 0 Å². The first-order valence-electron chi connectivity index (χ1n) is 10.0. The van der Waals surface area contributed by atoms with E-state index in [2.05, 4.69) is 24.1 Å². The van der Waals surface area contributed by atoms with Gasteiger partial charge >= 0.3 is 5.97 Å². The van der Waals surface area contributed by atoms with Gasteiger partial charge in [0.1, 0.15) is 9.88 Å². The second-order valence-corrected chi connectivity index (χ2v) is 8.23. The number of nitrogens with zero attached hydrogens (tertiary/aromatic N) is 1. The minimum atomic E-state index is -0.927. The monoisotopic (exact) mass is 422 g/mol. The van der Waals surface area contributed by atoms with Crippen LogP contribution >= 0.6 is 11.3 Å². The van der Waals surface area contributed by atoms with Gasteiger partial charge in [0.05, 0.1) is 5.69 Å². The third-order valence-electron chi connectivity index (χ3n) is 5.02. The van der Waals surface area contributed by atoms with Gasteiger partial charge in [-0.2, -0.15) is 0 Å². The molecule has 1 amide bonds. The van der Waals surface area contributed by atoms with Gasteiger partial charge in [-0.15, -0.1) is 11.3 Å². The molecule has 0 saturated heterocycles. The zero-order chi connectivity index (χ0) is 21.7. The Morgan fingerprint density at radius 1 is 1.07 bits per heavy atom. The molecule has 0 spiro atoms. The van der Waals surface area contributed by atoms with Crippen LogP contribution in [0.3, 0.4) is 0 Å². The number of carbonyl (C=O) groups excluding carboxylic acids is 2. The lowest BCUT2D eigenvalue weighted by atomic mass is 9.97. The number of aryl methyl sites for hydroxylation is 1. The summed E-state index contributed by atoms with van der Waals surface area (Å²) in [6.07, 6.45) is 0.0374. The van der Waals surface area contributed by atoms with Crippen LogP contribution in [0.15, 0.2) is 54.6 Å². The van der Waals surface area contributed by atoms with Crippen LogP contribution in [0.4, 0.5) is 5.69 Å². The normalized spacial score (nSPS) is 12.8. The van der Waals surface area contributed by atoms with E-state index in [1.54, 1.807) is 13.8 Å². The zero-order valence-electron chi connectivity index (χ0n) is 17.6. The molecule has 0 radical (unpaired) electrons. The Balaban J connectivity index is 1.69. The van der Waals surface area contributed by atoms with Crippen molar-refractivity contribution in [2.75, 3.05) is 5.32 Å². The highest BCUT2D eigenvalue weighted by Crippen LogP contribution is 2.29. The van der Waals surface area contributed by atoms with Crippen LogP contribution in [0, 0.1) is 6.92 Å². The number of rotatable bonds is 7. The summed E-state index contributed by atoms with van der Waals surface area (Å²) in [6.45, 7) is 7.57. The van der Waals surface area contributed by atoms with Gasteiger partial charge in [0, 0.05) is 11.3 Å². The molecule has 0 bridgehead atoms. The van der Waals surface area contributed by atoms with Crippen LogP contribution in [-0.2, 0) is 9.53 Å². The van der Waals surface area contributed by atoms with Gasteiger partial charge in [0.15, 0.2) is 6.10 Å². The molecule has 1 aromatic heterocycles. The summed E-state index contributed by atoms with van der Waals surface area (Å²) in [7, 11) is 0. The molecule has 0 fully saturated rings. The van der Waals surface area contributed by atoms with E-state index < -0.39 is 12.1 Å². The Morgan fingerprint density at radius 3 is 2.43 bits per heavy atom. The van der Waals surface area contributed by atoms with E-state index in [0.29, 0.717) is 16.5 Å². The number of amides is 1. The lowest BCUT2D eigenvalue weighted by molar-refractivity contribution is -0.123. The fourth-order valence-corrected chi connectivity index (χ4v) is 4.01. The van der Waals surface area contributed by atoms with Gasteiger partial charge in [-0.3, -0.25) is 4.79 Å². The van der Waals surface area contributed by atoms with E-state index in [1.165, 1.54) is 11.3 Å². The van der Waals surface area contributed by atoms with Gasteiger partial charge < -0.3 is 10.1 Å². The van der Waals surface area contributed by atoms with E-state index in [-0.39, 0.29) is 5.91 Å². The van der Waals surface area contributed by atoms with Gasteiger partial charge in [-0.05, 0) is 37.8 Å². The summed E-state index contributed by atoms with van der Waals surface area (Å²) in [6, 6.07) is 17.4. The van der Waals surface area contributed by atoms with Gasteiger partial charge in [0.25, 0.3) is 5.91 Å². The fourth-order valence-electron chi connectivity index (χ4n) is 3.05. The zero-order valence-corrected chi connectivity index (χ0v) is 18.5. The van der Waals surface area contributed by atoms with Crippen molar-refractivity contribution in [3.8, 4) is 10.6 Å². The Morgan fingerprint density at radius 2 is 1.73 bits per heavy atom. The van der Waals surface area contributed by atoms with Crippen molar-refractivity contribution in [1.29, 1.82) is 0 Å². The summed E-state index contributed by atoms with van der Waals surface area (Å²) < 4.78 is 5.45. The number of nitrogens with one attached hydrogen (secondary N) is 1. The number of para-hydroxylation sites is 1. The molecule has 30 heavy (non-hydrogen) atoms. The highest BCUT2D eigenvalue weighted by Gasteiger charge is 2.24. The Hall–Kier alpha value is -2.99. The molecule has 3 rings (SSSR count). The van der Waals surface area contributed by atoms with Gasteiger partial charge in [0.2, 0.25) is 0 Å². The molecule has 1 heterocycles. The van der Waals surface area contributed by atoms with Crippen LogP contribution in [-0.4, -0.2) is 23.0 Å². The van der Waals surface area contributed by atoms with E-state index >= 15 is 0 Å². The molecule has 5 nitrogen and oxygen atoms in total. The highest BCUT2D eigenvalue weighted by atomic mass is 32.1. The predicted octanol–water partition coefficient (Wildman–Crippen LogP) is 5.82. The Bertz CT molecular complexity index is 1030. The van der Waals surface area contributed by atoms with Crippen molar-refractivity contribution < 1.29 is 14.3 Å². The van der Waals surface area contributed by atoms with Gasteiger partial charge in [-0.25, -0.2) is 9.78 Å². The van der Waals surface area contributed by atoms with Crippen molar-refractivity contribution in [1.82, 2.24) is 4.98 Å². The molecular formula is C24H26N2O3S. The molecule has 0 aliphatic carbocycles. The lowest BCUT2D eigenvalue weighted by Crippen LogP contribution is -2.30. The SMILES string of the molecule is CC[C@H](C)c1ccccc1NC(=O)[C@@H](C)OC(=O)c1sc(-c2ccccc2)nc1C. The minimum absolute atomic E-state index is 0.315. The molecular weight excluding hydrogens is 396 g/mol. The number of aromatic nitrogens is 1. The first-order valence-corrected chi connectivity index (χ1v) is 10.9. The number of benzene rings is 2. The number of thiazole rings is 1. The number of hydrogen-bond donors (Lipinski definition) is 1. The first kappa shape index (κ1) is 21.7. The summed E-state index contributed by atoms with van der Waals surface area (Å²) in [5, 5.41) is 3.65. The molecule has 3 aromatic rings. The predicted molar refractivity (Wildman–Crippen MR) is 121 cm³/mol.